The summed E-state index contributed by atoms with van der Waals surface area (Å²) in [4.78, 5) is 28.3. The largest absolute Gasteiger partial charge is 0.381 e. The van der Waals surface area contributed by atoms with E-state index in [1.165, 1.54) is 4.52 Å². The number of nitrogens with zero attached hydrogens (tertiary/aromatic N) is 4. The second kappa shape index (κ2) is 12.7. The molecule has 3 aromatic heterocycles. The molecule has 0 spiro atoms. The van der Waals surface area contributed by atoms with Gasteiger partial charge in [-0.15, -0.1) is 5.10 Å². The topological polar surface area (TPSA) is 131 Å². The highest BCUT2D eigenvalue weighted by atomic mass is 16.5. The molecule has 2 aromatic carbocycles. The van der Waals surface area contributed by atoms with E-state index in [0.29, 0.717) is 17.6 Å². The highest BCUT2D eigenvalue weighted by molar-refractivity contribution is 6.03. The molecule has 4 N–H and O–H groups in total. The number of benzene rings is 2. The monoisotopic (exact) mass is 536 g/mol. The van der Waals surface area contributed by atoms with Gasteiger partial charge in [0.25, 0.3) is 11.5 Å². The maximum atomic E-state index is 13.4. The molecule has 40 heavy (non-hydrogen) atoms. The normalized spacial score (nSPS) is 11.4. The Morgan fingerprint density at radius 2 is 1.85 bits per heavy atom. The lowest BCUT2D eigenvalue weighted by molar-refractivity contribution is 0.0999. The Bertz CT molecular complexity index is 1760. The van der Waals surface area contributed by atoms with Gasteiger partial charge in [0, 0.05) is 35.9 Å². The Hall–Kier alpha value is -4.94. The molecule has 0 aliphatic rings. The highest BCUT2D eigenvalue weighted by Crippen LogP contribution is 2.20. The van der Waals surface area contributed by atoms with E-state index >= 15 is 0 Å². The maximum Gasteiger partial charge on any atom is 0.264 e. The van der Waals surface area contributed by atoms with Crippen molar-refractivity contribution in [2.75, 3.05) is 12.3 Å². The fourth-order valence-corrected chi connectivity index (χ4v) is 4.40. The van der Waals surface area contributed by atoms with E-state index in [4.69, 9.17) is 16.2 Å². The molecule has 5 aromatic rings. The molecule has 204 valence electrons. The van der Waals surface area contributed by atoms with Crippen molar-refractivity contribution >= 4 is 28.1 Å². The maximum absolute atomic E-state index is 13.4. The summed E-state index contributed by atoms with van der Waals surface area (Å²) in [6.45, 7) is 6.71. The molecule has 5 rings (SSSR count). The Morgan fingerprint density at radius 3 is 2.52 bits per heavy atom. The van der Waals surface area contributed by atoms with Crippen LogP contribution in [0.2, 0.25) is 0 Å². The Balaban J connectivity index is 0.000000236. The van der Waals surface area contributed by atoms with Crippen molar-refractivity contribution in [2.45, 2.75) is 39.7 Å². The lowest BCUT2D eigenvalue weighted by atomic mass is 10.0. The van der Waals surface area contributed by atoms with Gasteiger partial charge in [0.2, 0.25) is 0 Å². The number of nitrogens with two attached hydrogens (primary N) is 2. The number of primary amides is 1. The summed E-state index contributed by atoms with van der Waals surface area (Å²) >= 11 is 0. The summed E-state index contributed by atoms with van der Waals surface area (Å²) in [5, 5.41) is 5.46. The fourth-order valence-electron chi connectivity index (χ4n) is 4.40. The Morgan fingerprint density at radius 1 is 1.07 bits per heavy atom. The summed E-state index contributed by atoms with van der Waals surface area (Å²) < 4.78 is 8.84. The third-order valence-corrected chi connectivity index (χ3v) is 6.27. The first-order valence-corrected chi connectivity index (χ1v) is 13.1. The van der Waals surface area contributed by atoms with Crippen LogP contribution >= 0.6 is 0 Å². The van der Waals surface area contributed by atoms with E-state index < -0.39 is 5.91 Å². The van der Waals surface area contributed by atoms with Crippen molar-refractivity contribution in [3.63, 3.8) is 0 Å². The molecule has 1 unspecified atom stereocenters. The SMILES string of the molecule is CCOC(C#Cc1cccc2cc(CC)n(-c3ccccc3)c(=O)c12)CC.NC(=O)c1c(N)nn2cccnc12. The zero-order valence-corrected chi connectivity index (χ0v) is 22.8. The van der Waals surface area contributed by atoms with Gasteiger partial charge in [-0.3, -0.25) is 14.2 Å². The molecular weight excluding hydrogens is 504 g/mol. The molecule has 0 aliphatic carbocycles. The molecule has 0 fully saturated rings. The number of carbonyl (C=O) groups excluding carboxylic acids is 1. The van der Waals surface area contributed by atoms with Gasteiger partial charge in [0.05, 0.1) is 5.39 Å². The number of hydrogen-bond donors (Lipinski definition) is 2. The number of nitrogen functional groups attached to an aromatic ring is 1. The summed E-state index contributed by atoms with van der Waals surface area (Å²) in [6.07, 6.45) is 4.67. The van der Waals surface area contributed by atoms with Crippen LogP contribution in [0, 0.1) is 11.8 Å². The zero-order chi connectivity index (χ0) is 28.6. The van der Waals surface area contributed by atoms with Crippen LogP contribution in [0.1, 0.15) is 48.8 Å². The van der Waals surface area contributed by atoms with E-state index in [-0.39, 0.29) is 23.0 Å². The van der Waals surface area contributed by atoms with E-state index in [0.717, 1.165) is 35.2 Å². The van der Waals surface area contributed by atoms with Gasteiger partial charge in [-0.25, -0.2) is 9.50 Å². The molecule has 0 saturated heterocycles. The number of carbonyl (C=O) groups is 1. The number of fused-ring (bicyclic) bond motifs is 2. The predicted octanol–water partition coefficient (Wildman–Crippen LogP) is 4.13. The second-order valence-corrected chi connectivity index (χ2v) is 8.87. The molecule has 0 aliphatic heterocycles. The molecule has 9 heteroatoms. The Labute approximate surface area is 232 Å². The van der Waals surface area contributed by atoms with Gasteiger partial charge >= 0.3 is 0 Å². The lowest BCUT2D eigenvalue weighted by Gasteiger charge is -2.14. The Kier molecular flexibility index (Phi) is 8.94. The first kappa shape index (κ1) is 28.1. The van der Waals surface area contributed by atoms with Crippen LogP contribution in [0.25, 0.3) is 22.1 Å². The third kappa shape index (κ3) is 5.87. The summed E-state index contributed by atoms with van der Waals surface area (Å²) in [5.41, 5.74) is 13.7. The van der Waals surface area contributed by atoms with E-state index in [1.54, 1.807) is 23.0 Å². The second-order valence-electron chi connectivity index (χ2n) is 8.87. The average molecular weight is 537 g/mol. The van der Waals surface area contributed by atoms with Crippen LogP contribution in [-0.2, 0) is 11.2 Å². The predicted molar refractivity (Wildman–Crippen MR) is 157 cm³/mol. The number of para-hydroxylation sites is 1. The van der Waals surface area contributed by atoms with Crippen molar-refractivity contribution in [3.8, 4) is 17.5 Å². The highest BCUT2D eigenvalue weighted by Gasteiger charge is 2.15. The molecule has 1 amide bonds. The van der Waals surface area contributed by atoms with Crippen LogP contribution in [0.5, 0.6) is 0 Å². The molecular formula is C31H32N6O3. The van der Waals surface area contributed by atoms with Crippen LogP contribution in [-0.4, -0.2) is 37.8 Å². The van der Waals surface area contributed by atoms with Gasteiger partial charge in [-0.1, -0.05) is 56.0 Å². The van der Waals surface area contributed by atoms with Crippen LogP contribution < -0.4 is 17.0 Å². The number of anilines is 1. The molecule has 1 atom stereocenters. The van der Waals surface area contributed by atoms with Crippen molar-refractivity contribution in [1.29, 1.82) is 0 Å². The van der Waals surface area contributed by atoms with Gasteiger partial charge < -0.3 is 16.2 Å². The van der Waals surface area contributed by atoms with Crippen molar-refractivity contribution < 1.29 is 9.53 Å². The smallest absolute Gasteiger partial charge is 0.264 e. The molecule has 0 saturated carbocycles. The van der Waals surface area contributed by atoms with Crippen molar-refractivity contribution in [1.82, 2.24) is 19.2 Å². The number of rotatable bonds is 6. The van der Waals surface area contributed by atoms with E-state index in [2.05, 4.69) is 34.9 Å². The first-order valence-electron chi connectivity index (χ1n) is 13.1. The number of aryl methyl sites for hydroxylation is 1. The lowest BCUT2D eigenvalue weighted by Crippen LogP contribution is -2.22. The van der Waals surface area contributed by atoms with Gasteiger partial charge in [0.15, 0.2) is 11.5 Å². The third-order valence-electron chi connectivity index (χ3n) is 6.27. The standard InChI is InChI=1S/C24H25NO2.C7H7N5O/c1-4-20-17-19-12-10-11-18(15-16-22(5-2)27-6-3)23(19)24(26)25(20)21-13-8-7-9-14-21;8-5-4(6(9)13)7-10-2-1-3-12(7)11-5/h7-14,17,22H,4-6H2,1-3H3;1-3H,(H2,8,11)(H2,9,13). The summed E-state index contributed by atoms with van der Waals surface area (Å²) in [6, 6.07) is 19.4. The van der Waals surface area contributed by atoms with Crippen LogP contribution in [0.3, 0.4) is 0 Å². The number of pyridine rings is 1. The molecule has 9 nitrogen and oxygen atoms in total. The summed E-state index contributed by atoms with van der Waals surface area (Å²) in [7, 11) is 0. The van der Waals surface area contributed by atoms with Gasteiger partial charge in [-0.05, 0) is 55.5 Å². The van der Waals surface area contributed by atoms with E-state index in [9.17, 15) is 9.59 Å². The van der Waals surface area contributed by atoms with E-state index in [1.807, 2.05) is 62.4 Å². The number of aromatic nitrogens is 4. The molecule has 3 heterocycles. The minimum absolute atomic E-state index is 0.0232. The number of amides is 1. The van der Waals surface area contributed by atoms with Gasteiger partial charge in [0.1, 0.15) is 11.7 Å². The molecule has 0 radical (unpaired) electrons. The van der Waals surface area contributed by atoms with Crippen LogP contribution in [0.15, 0.2) is 77.9 Å². The number of hydrogen-bond acceptors (Lipinski definition) is 6. The van der Waals surface area contributed by atoms with Crippen molar-refractivity contribution in [2.24, 2.45) is 5.73 Å². The summed E-state index contributed by atoms with van der Waals surface area (Å²) in [5.74, 6) is 5.85. The number of ether oxygens (including phenoxy) is 1. The van der Waals surface area contributed by atoms with Crippen LogP contribution in [0.4, 0.5) is 5.82 Å². The minimum atomic E-state index is -0.619. The quantitative estimate of drug-likeness (QED) is 0.314. The van der Waals surface area contributed by atoms with Gasteiger partial charge in [-0.2, -0.15) is 0 Å². The zero-order valence-electron chi connectivity index (χ0n) is 22.8. The molecule has 0 bridgehead atoms. The van der Waals surface area contributed by atoms with Crippen molar-refractivity contribution in [3.05, 3.63) is 100 Å². The average Bonchev–Trinajstić information content (AvgIpc) is 3.31. The fraction of sp³-hybridized carbons (Fsp3) is 0.226. The first-order chi connectivity index (χ1) is 19.4. The minimum Gasteiger partial charge on any atom is -0.381 e.